The minimum Gasteiger partial charge on any atom is -0.468 e. The monoisotopic (exact) mass is 358 g/mol. The first-order chi connectivity index (χ1) is 13.3. The van der Waals surface area contributed by atoms with Gasteiger partial charge in [0.2, 0.25) is 5.88 Å². The summed E-state index contributed by atoms with van der Waals surface area (Å²) >= 11 is 0. The fraction of sp³-hybridized carbons (Fsp3) is 0.111. The van der Waals surface area contributed by atoms with Crippen LogP contribution in [0.4, 0.5) is 0 Å². The van der Waals surface area contributed by atoms with Crippen molar-refractivity contribution >= 4 is 11.2 Å². The van der Waals surface area contributed by atoms with Crippen molar-refractivity contribution < 1.29 is 4.74 Å². The molecule has 4 aromatic heterocycles. The third-order valence-corrected chi connectivity index (χ3v) is 4.28. The van der Waals surface area contributed by atoms with Crippen molar-refractivity contribution in [1.82, 2.24) is 39.6 Å². The van der Waals surface area contributed by atoms with E-state index in [0.717, 1.165) is 16.7 Å². The van der Waals surface area contributed by atoms with Gasteiger partial charge in [-0.25, -0.2) is 4.98 Å². The Morgan fingerprint density at radius 1 is 1.22 bits per heavy atom. The molecule has 0 aromatic carbocycles. The number of rotatable bonds is 5. The Morgan fingerprint density at radius 2 is 2.15 bits per heavy atom. The van der Waals surface area contributed by atoms with Crippen LogP contribution >= 0.6 is 0 Å². The maximum Gasteiger partial charge on any atom is 0.240 e. The smallest absolute Gasteiger partial charge is 0.240 e. The molecule has 9 nitrogen and oxygen atoms in total. The molecule has 0 N–H and O–H groups in total. The van der Waals surface area contributed by atoms with Crippen LogP contribution in [0.15, 0.2) is 55.1 Å². The first-order valence-corrected chi connectivity index (χ1v) is 8.31. The molecule has 0 aliphatic heterocycles. The molecule has 0 spiro atoms. The Kier molecular flexibility index (Phi) is 3.49. The maximum absolute atomic E-state index is 5.99. The number of allylic oxidation sites excluding steroid dienone is 4. The first kappa shape index (κ1) is 15.4. The summed E-state index contributed by atoms with van der Waals surface area (Å²) in [6.07, 6.45) is 10.9. The van der Waals surface area contributed by atoms with Gasteiger partial charge in [0.15, 0.2) is 17.3 Å². The summed E-state index contributed by atoms with van der Waals surface area (Å²) in [5.41, 5.74) is 3.35. The van der Waals surface area contributed by atoms with Crippen LogP contribution in [0, 0.1) is 0 Å². The van der Waals surface area contributed by atoms with Crippen LogP contribution in [0.1, 0.15) is 11.4 Å². The van der Waals surface area contributed by atoms with E-state index in [1.54, 1.807) is 21.6 Å². The van der Waals surface area contributed by atoms with Crippen molar-refractivity contribution in [2.45, 2.75) is 6.61 Å². The first-order valence-electron chi connectivity index (χ1n) is 8.31. The van der Waals surface area contributed by atoms with Crippen molar-refractivity contribution in [3.63, 3.8) is 0 Å². The maximum atomic E-state index is 5.99. The second kappa shape index (κ2) is 6.13. The van der Waals surface area contributed by atoms with Crippen LogP contribution in [0.2, 0.25) is 0 Å². The zero-order valence-corrected chi connectivity index (χ0v) is 14.4. The van der Waals surface area contributed by atoms with Gasteiger partial charge in [-0.15, -0.1) is 15.3 Å². The number of hydrogen-bond acceptors (Lipinski definition) is 7. The fourth-order valence-electron chi connectivity index (χ4n) is 2.76. The lowest BCUT2D eigenvalue weighted by Crippen LogP contribution is -2.09. The molecule has 0 radical (unpaired) electrons. The quantitative estimate of drug-likeness (QED) is 0.537. The van der Waals surface area contributed by atoms with E-state index in [2.05, 4.69) is 30.4 Å². The summed E-state index contributed by atoms with van der Waals surface area (Å²) < 4.78 is 9.32. The van der Waals surface area contributed by atoms with Gasteiger partial charge in [0.05, 0.1) is 0 Å². The molecule has 4 aromatic rings. The lowest BCUT2D eigenvalue weighted by atomic mass is 10.0. The lowest BCUT2D eigenvalue weighted by molar-refractivity contribution is 0.273. The second-order valence-electron chi connectivity index (χ2n) is 5.97. The van der Waals surface area contributed by atoms with Gasteiger partial charge in [-0.3, -0.25) is 9.67 Å². The van der Waals surface area contributed by atoms with Crippen LogP contribution in [0.5, 0.6) is 5.88 Å². The van der Waals surface area contributed by atoms with E-state index in [0.29, 0.717) is 23.2 Å². The highest BCUT2D eigenvalue weighted by atomic mass is 16.5. The second-order valence-corrected chi connectivity index (χ2v) is 5.97. The average molecular weight is 358 g/mol. The Labute approximate surface area is 153 Å². The molecular formula is C18H14N8O. The number of ether oxygens (including phenoxy) is 1. The predicted octanol–water partition coefficient (Wildman–Crippen LogP) is 1.85. The molecule has 132 valence electrons. The number of fused-ring (bicyclic) bond motifs is 1. The highest BCUT2D eigenvalue weighted by Gasteiger charge is 2.18. The number of aromatic nitrogens is 8. The Hall–Kier alpha value is -3.88. The molecule has 0 atom stereocenters. The molecule has 27 heavy (non-hydrogen) atoms. The number of nitrogens with zero attached hydrogens (tertiary/aromatic N) is 8. The van der Waals surface area contributed by atoms with Crippen LogP contribution in [0.25, 0.3) is 22.6 Å². The molecule has 0 saturated heterocycles. The van der Waals surface area contributed by atoms with Crippen molar-refractivity contribution in [3.8, 4) is 17.3 Å². The van der Waals surface area contributed by atoms with Crippen molar-refractivity contribution in [2.24, 2.45) is 7.05 Å². The van der Waals surface area contributed by atoms with E-state index < -0.39 is 0 Å². The minimum absolute atomic E-state index is 0.253. The molecule has 0 amide bonds. The summed E-state index contributed by atoms with van der Waals surface area (Å²) in [5, 5.41) is 17.2. The van der Waals surface area contributed by atoms with Gasteiger partial charge < -0.3 is 4.74 Å². The van der Waals surface area contributed by atoms with Crippen molar-refractivity contribution in [3.05, 3.63) is 66.5 Å². The van der Waals surface area contributed by atoms with E-state index >= 15 is 0 Å². The molecule has 0 bridgehead atoms. The topological polar surface area (TPSA) is 95.9 Å². The SMILES string of the molecule is Cn1ncnc1COc1nn2c(-c3cccnc3)nnc2cc1C1=CC=C1. The number of pyridine rings is 1. The Bertz CT molecular complexity index is 1190. The van der Waals surface area contributed by atoms with Crippen LogP contribution < -0.4 is 4.74 Å². The summed E-state index contributed by atoms with van der Waals surface area (Å²) in [5.74, 6) is 1.79. The van der Waals surface area contributed by atoms with E-state index in [1.807, 2.05) is 43.5 Å². The zero-order valence-electron chi connectivity index (χ0n) is 14.4. The predicted molar refractivity (Wildman–Crippen MR) is 96.5 cm³/mol. The van der Waals surface area contributed by atoms with Gasteiger partial charge >= 0.3 is 0 Å². The molecule has 0 fully saturated rings. The lowest BCUT2D eigenvalue weighted by Gasteiger charge is -2.14. The van der Waals surface area contributed by atoms with E-state index in [1.165, 1.54) is 6.33 Å². The highest BCUT2D eigenvalue weighted by molar-refractivity contribution is 5.84. The van der Waals surface area contributed by atoms with Crippen LogP contribution in [-0.2, 0) is 13.7 Å². The molecule has 0 saturated carbocycles. The summed E-state index contributed by atoms with van der Waals surface area (Å²) in [6, 6.07) is 5.68. The normalized spacial score (nSPS) is 12.9. The average Bonchev–Trinajstić information content (AvgIpc) is 3.25. The standard InChI is InChI=1S/C18H14N8O/c1-25-16(20-11-21-25)10-27-18-14(12-4-2-5-12)8-15-22-23-17(26(15)24-18)13-6-3-7-19-9-13/h2-9,11H,10H2,1H3. The third kappa shape index (κ3) is 2.65. The molecule has 9 heteroatoms. The third-order valence-electron chi connectivity index (χ3n) is 4.28. The molecule has 4 heterocycles. The minimum atomic E-state index is 0.253. The van der Waals surface area contributed by atoms with Gasteiger partial charge in [0.25, 0.3) is 0 Å². The fourth-order valence-corrected chi connectivity index (χ4v) is 2.76. The molecule has 0 unspecified atom stereocenters. The van der Waals surface area contributed by atoms with E-state index in [4.69, 9.17) is 4.74 Å². The summed E-state index contributed by atoms with van der Waals surface area (Å²) in [4.78, 5) is 8.33. The summed E-state index contributed by atoms with van der Waals surface area (Å²) in [7, 11) is 1.82. The van der Waals surface area contributed by atoms with E-state index in [-0.39, 0.29) is 6.61 Å². The van der Waals surface area contributed by atoms with Gasteiger partial charge in [0.1, 0.15) is 12.9 Å². The zero-order chi connectivity index (χ0) is 18.2. The van der Waals surface area contributed by atoms with Crippen molar-refractivity contribution in [2.75, 3.05) is 0 Å². The van der Waals surface area contributed by atoms with Crippen LogP contribution in [0.3, 0.4) is 0 Å². The van der Waals surface area contributed by atoms with Gasteiger partial charge in [0, 0.05) is 30.6 Å². The van der Waals surface area contributed by atoms with Crippen molar-refractivity contribution in [1.29, 1.82) is 0 Å². The highest BCUT2D eigenvalue weighted by Crippen LogP contribution is 2.31. The molecular weight excluding hydrogens is 344 g/mol. The Balaban J connectivity index is 1.59. The van der Waals surface area contributed by atoms with Gasteiger partial charge in [-0.1, -0.05) is 18.2 Å². The van der Waals surface area contributed by atoms with Gasteiger partial charge in [-0.05, 0) is 23.8 Å². The van der Waals surface area contributed by atoms with Crippen LogP contribution in [-0.4, -0.2) is 39.6 Å². The molecule has 1 aliphatic rings. The number of hydrogen-bond donors (Lipinski definition) is 0. The Morgan fingerprint density at radius 3 is 2.85 bits per heavy atom. The molecule has 5 rings (SSSR count). The van der Waals surface area contributed by atoms with Gasteiger partial charge in [-0.2, -0.15) is 9.61 Å². The van der Waals surface area contributed by atoms with E-state index in [9.17, 15) is 0 Å². The summed E-state index contributed by atoms with van der Waals surface area (Å²) in [6.45, 7) is 0.253. The largest absolute Gasteiger partial charge is 0.468 e. The number of aryl methyl sites for hydroxylation is 1. The molecule has 1 aliphatic carbocycles.